The third kappa shape index (κ3) is 3.31. The Bertz CT molecular complexity index is 377. The van der Waals surface area contributed by atoms with E-state index in [-0.39, 0.29) is 6.10 Å². The van der Waals surface area contributed by atoms with Gasteiger partial charge in [0.1, 0.15) is 5.82 Å². The van der Waals surface area contributed by atoms with Crippen LogP contribution in [0, 0.1) is 0 Å². The minimum Gasteiger partial charge on any atom is -0.392 e. The van der Waals surface area contributed by atoms with Crippen LogP contribution in [0.3, 0.4) is 0 Å². The van der Waals surface area contributed by atoms with Gasteiger partial charge in [-0.15, -0.1) is 0 Å². The molecule has 1 saturated heterocycles. The average molecular weight is 252 g/mol. The van der Waals surface area contributed by atoms with Gasteiger partial charge in [-0.25, -0.2) is 4.98 Å². The lowest BCUT2D eigenvalue weighted by atomic mass is 10.1. The van der Waals surface area contributed by atoms with Crippen LogP contribution in [0.2, 0.25) is 0 Å². The molecule has 1 aromatic rings. The predicted octanol–water partition coefficient (Wildman–Crippen LogP) is 0.307. The molecule has 18 heavy (non-hydrogen) atoms. The third-order valence-electron chi connectivity index (χ3n) is 3.63. The van der Waals surface area contributed by atoms with Crippen molar-refractivity contribution in [2.75, 3.05) is 26.2 Å². The largest absolute Gasteiger partial charge is 0.392 e. The molecule has 2 rings (SSSR count). The van der Waals surface area contributed by atoms with Gasteiger partial charge in [-0.05, 0) is 13.8 Å². The summed E-state index contributed by atoms with van der Waals surface area (Å²) in [5.74, 6) is 1.12. The van der Waals surface area contributed by atoms with Crippen molar-refractivity contribution in [2.45, 2.75) is 32.5 Å². The van der Waals surface area contributed by atoms with Crippen molar-refractivity contribution in [1.82, 2.24) is 19.4 Å². The van der Waals surface area contributed by atoms with E-state index in [0.29, 0.717) is 6.04 Å². The highest BCUT2D eigenvalue weighted by molar-refractivity contribution is 4.92. The van der Waals surface area contributed by atoms with Crippen LogP contribution in [0.5, 0.6) is 0 Å². The number of aliphatic hydroxyl groups excluding tert-OH is 1. The summed E-state index contributed by atoms with van der Waals surface area (Å²) in [4.78, 5) is 9.17. The second-order valence-corrected chi connectivity index (χ2v) is 5.38. The van der Waals surface area contributed by atoms with Gasteiger partial charge in [0, 0.05) is 51.7 Å². The lowest BCUT2D eigenvalue weighted by molar-refractivity contribution is 0.0411. The van der Waals surface area contributed by atoms with E-state index in [4.69, 9.17) is 0 Å². The Morgan fingerprint density at radius 2 is 2.28 bits per heavy atom. The molecule has 1 N–H and O–H groups in total. The number of hydrogen-bond donors (Lipinski definition) is 1. The summed E-state index contributed by atoms with van der Waals surface area (Å²) < 4.78 is 2.08. The Labute approximate surface area is 109 Å². The molecule has 5 heteroatoms. The van der Waals surface area contributed by atoms with E-state index < -0.39 is 0 Å². The van der Waals surface area contributed by atoms with Crippen LogP contribution in [-0.2, 0) is 13.6 Å². The quantitative estimate of drug-likeness (QED) is 0.837. The van der Waals surface area contributed by atoms with Gasteiger partial charge < -0.3 is 9.67 Å². The van der Waals surface area contributed by atoms with Gasteiger partial charge >= 0.3 is 0 Å². The predicted molar refractivity (Wildman–Crippen MR) is 71.2 cm³/mol. The minimum absolute atomic E-state index is 0.242. The molecule has 0 saturated carbocycles. The zero-order chi connectivity index (χ0) is 13.1. The SMILES string of the molecule is C[C@H](O)CN1CCN(Cc2nccn2C)C[C@H]1C. The highest BCUT2D eigenvalue weighted by Gasteiger charge is 2.24. The second kappa shape index (κ2) is 5.82. The molecule has 0 unspecified atom stereocenters. The summed E-state index contributed by atoms with van der Waals surface area (Å²) in [7, 11) is 2.04. The molecular formula is C13H24N4O. The molecule has 1 aliphatic rings. The van der Waals surface area contributed by atoms with Gasteiger partial charge in [0.25, 0.3) is 0 Å². The van der Waals surface area contributed by atoms with E-state index in [2.05, 4.69) is 26.3 Å². The van der Waals surface area contributed by atoms with Gasteiger partial charge in [0.2, 0.25) is 0 Å². The molecule has 1 fully saturated rings. The maximum atomic E-state index is 9.46. The molecule has 2 heterocycles. The van der Waals surface area contributed by atoms with Crippen molar-refractivity contribution in [3.8, 4) is 0 Å². The van der Waals surface area contributed by atoms with Crippen LogP contribution in [0.25, 0.3) is 0 Å². The van der Waals surface area contributed by atoms with Crippen molar-refractivity contribution >= 4 is 0 Å². The first-order chi connectivity index (χ1) is 8.56. The molecule has 1 aliphatic heterocycles. The van der Waals surface area contributed by atoms with E-state index in [1.165, 1.54) is 0 Å². The Hall–Kier alpha value is -0.910. The molecule has 0 radical (unpaired) electrons. The topological polar surface area (TPSA) is 44.5 Å². The van der Waals surface area contributed by atoms with Crippen LogP contribution < -0.4 is 0 Å². The summed E-state index contributed by atoms with van der Waals surface area (Å²) in [5.41, 5.74) is 0. The summed E-state index contributed by atoms with van der Waals surface area (Å²) in [5, 5.41) is 9.46. The Kier molecular flexibility index (Phi) is 4.37. The average Bonchev–Trinajstić information content (AvgIpc) is 2.68. The number of hydrogen-bond acceptors (Lipinski definition) is 4. The number of piperazine rings is 1. The normalized spacial score (nSPS) is 24.3. The fourth-order valence-electron chi connectivity index (χ4n) is 2.57. The summed E-state index contributed by atoms with van der Waals surface area (Å²) in [6.07, 6.45) is 3.60. The summed E-state index contributed by atoms with van der Waals surface area (Å²) in [6.45, 7) is 8.88. The molecule has 0 aromatic carbocycles. The molecule has 0 spiro atoms. The minimum atomic E-state index is -0.242. The second-order valence-electron chi connectivity index (χ2n) is 5.38. The van der Waals surface area contributed by atoms with Gasteiger partial charge in [-0.3, -0.25) is 9.80 Å². The molecule has 102 valence electrons. The first-order valence-corrected chi connectivity index (χ1v) is 6.67. The number of aromatic nitrogens is 2. The van der Waals surface area contributed by atoms with Crippen LogP contribution in [0.4, 0.5) is 0 Å². The van der Waals surface area contributed by atoms with Crippen molar-refractivity contribution in [3.63, 3.8) is 0 Å². The van der Waals surface area contributed by atoms with Crippen molar-refractivity contribution in [1.29, 1.82) is 0 Å². The van der Waals surface area contributed by atoms with Crippen molar-refractivity contribution in [3.05, 3.63) is 18.2 Å². The Balaban J connectivity index is 1.86. The summed E-state index contributed by atoms with van der Waals surface area (Å²) in [6, 6.07) is 0.494. The number of aliphatic hydroxyl groups is 1. The number of rotatable bonds is 4. The molecule has 0 aliphatic carbocycles. The van der Waals surface area contributed by atoms with Crippen LogP contribution in [0.1, 0.15) is 19.7 Å². The van der Waals surface area contributed by atoms with Crippen LogP contribution in [-0.4, -0.2) is 62.8 Å². The monoisotopic (exact) mass is 252 g/mol. The Morgan fingerprint density at radius 3 is 2.83 bits per heavy atom. The standard InChI is InChI=1S/C13H24N4O/c1-11-8-16(6-7-17(11)9-12(2)18)10-13-14-4-5-15(13)3/h4-5,11-12,18H,6-10H2,1-3H3/t11-,12+/m1/s1. The number of β-amino-alcohol motifs (C(OH)–C–C–N with tert-alkyl or cyclic N) is 1. The highest BCUT2D eigenvalue weighted by Crippen LogP contribution is 2.12. The molecule has 0 amide bonds. The fourth-order valence-corrected chi connectivity index (χ4v) is 2.57. The molecule has 0 bridgehead atoms. The van der Waals surface area contributed by atoms with Gasteiger partial charge in [0.15, 0.2) is 0 Å². The van der Waals surface area contributed by atoms with Gasteiger partial charge in [-0.2, -0.15) is 0 Å². The number of nitrogens with zero attached hydrogens (tertiary/aromatic N) is 4. The van der Waals surface area contributed by atoms with E-state index in [1.54, 1.807) is 0 Å². The van der Waals surface area contributed by atoms with Crippen molar-refractivity contribution < 1.29 is 5.11 Å². The van der Waals surface area contributed by atoms with E-state index in [9.17, 15) is 5.11 Å². The van der Waals surface area contributed by atoms with Crippen LogP contribution in [0.15, 0.2) is 12.4 Å². The maximum absolute atomic E-state index is 9.46. The lowest BCUT2D eigenvalue weighted by Crippen LogP contribution is -2.53. The molecule has 5 nitrogen and oxygen atoms in total. The van der Waals surface area contributed by atoms with E-state index in [1.807, 2.05) is 26.4 Å². The zero-order valence-corrected chi connectivity index (χ0v) is 11.6. The lowest BCUT2D eigenvalue weighted by Gasteiger charge is -2.40. The smallest absolute Gasteiger partial charge is 0.122 e. The van der Waals surface area contributed by atoms with Crippen LogP contribution >= 0.6 is 0 Å². The maximum Gasteiger partial charge on any atom is 0.122 e. The molecular weight excluding hydrogens is 228 g/mol. The highest BCUT2D eigenvalue weighted by atomic mass is 16.3. The first-order valence-electron chi connectivity index (χ1n) is 6.67. The number of imidazole rings is 1. The fraction of sp³-hybridized carbons (Fsp3) is 0.769. The summed E-state index contributed by atoms with van der Waals surface area (Å²) >= 11 is 0. The molecule has 1 aromatic heterocycles. The van der Waals surface area contributed by atoms with Gasteiger partial charge in [0.05, 0.1) is 12.6 Å². The first kappa shape index (κ1) is 13.5. The Morgan fingerprint density at radius 1 is 1.50 bits per heavy atom. The van der Waals surface area contributed by atoms with E-state index >= 15 is 0 Å². The molecule has 2 atom stereocenters. The van der Waals surface area contributed by atoms with Gasteiger partial charge in [-0.1, -0.05) is 0 Å². The van der Waals surface area contributed by atoms with E-state index in [0.717, 1.165) is 38.5 Å². The number of aryl methyl sites for hydroxylation is 1. The third-order valence-corrected chi connectivity index (χ3v) is 3.63. The zero-order valence-electron chi connectivity index (χ0n) is 11.6. The van der Waals surface area contributed by atoms with Crippen molar-refractivity contribution in [2.24, 2.45) is 7.05 Å².